The number of anilines is 3. The quantitative estimate of drug-likeness (QED) is 0.208. The van der Waals surface area contributed by atoms with Gasteiger partial charge in [0.25, 0.3) is 0 Å². The van der Waals surface area contributed by atoms with Gasteiger partial charge in [-0.1, -0.05) is 97.1 Å². The Morgan fingerprint density at radius 2 is 1.02 bits per heavy atom. The molecule has 210 valence electrons. The Balaban J connectivity index is 1.32. The molecule has 0 N–H and O–H groups in total. The average molecular weight is 575 g/mol. The largest absolute Gasteiger partial charge is 0.454 e. The number of fused-ring (bicyclic) bond motifs is 6. The van der Waals surface area contributed by atoms with E-state index in [2.05, 4.69) is 167 Å². The number of hydrogen-bond acceptors (Lipinski definition) is 2. The third-order valence-electron chi connectivity index (χ3n) is 9.28. The number of furan rings is 1. The second-order valence-corrected chi connectivity index (χ2v) is 11.7. The maximum atomic E-state index is 6.85. The van der Waals surface area contributed by atoms with E-state index in [1.807, 2.05) is 0 Å². The van der Waals surface area contributed by atoms with Crippen molar-refractivity contribution in [2.75, 3.05) is 4.90 Å². The molecule has 0 aliphatic heterocycles. The Bertz CT molecular complexity index is 2660. The highest BCUT2D eigenvalue weighted by Crippen LogP contribution is 2.47. The minimum atomic E-state index is 0.913. The van der Waals surface area contributed by atoms with Crippen molar-refractivity contribution in [1.82, 2.24) is 4.40 Å². The van der Waals surface area contributed by atoms with Crippen molar-refractivity contribution in [3.8, 4) is 11.1 Å². The Morgan fingerprint density at radius 3 is 1.78 bits per heavy atom. The predicted molar refractivity (Wildman–Crippen MR) is 188 cm³/mol. The summed E-state index contributed by atoms with van der Waals surface area (Å²) < 4.78 is 9.25. The molecule has 45 heavy (non-hydrogen) atoms. The van der Waals surface area contributed by atoms with Gasteiger partial charge in [0, 0.05) is 33.2 Å². The monoisotopic (exact) mass is 574 g/mol. The van der Waals surface area contributed by atoms with Gasteiger partial charge in [0.15, 0.2) is 5.58 Å². The third-order valence-corrected chi connectivity index (χ3v) is 9.28. The lowest BCUT2D eigenvalue weighted by Gasteiger charge is -2.26. The highest BCUT2D eigenvalue weighted by molar-refractivity contribution is 6.33. The molecule has 0 aliphatic rings. The summed E-state index contributed by atoms with van der Waals surface area (Å²) in [6, 6.07) is 56.4. The molecule has 10 rings (SSSR count). The van der Waals surface area contributed by atoms with E-state index in [0.717, 1.165) is 50.3 Å². The van der Waals surface area contributed by atoms with Crippen LogP contribution in [-0.4, -0.2) is 4.40 Å². The van der Waals surface area contributed by atoms with Gasteiger partial charge >= 0.3 is 0 Å². The molecule has 0 bridgehead atoms. The molecule has 0 radical (unpaired) electrons. The molecule has 10 aromatic rings. The molecule has 0 spiro atoms. The smallest absolute Gasteiger partial charge is 0.161 e. The van der Waals surface area contributed by atoms with Crippen LogP contribution >= 0.6 is 0 Å². The van der Waals surface area contributed by atoms with E-state index < -0.39 is 0 Å². The first kappa shape index (κ1) is 24.4. The number of hydrogen-bond donors (Lipinski definition) is 0. The molecule has 0 saturated heterocycles. The molecular weight excluding hydrogens is 548 g/mol. The summed E-state index contributed by atoms with van der Waals surface area (Å²) in [6.45, 7) is 0. The molecule has 3 aromatic heterocycles. The van der Waals surface area contributed by atoms with Gasteiger partial charge in [0.05, 0.1) is 16.4 Å². The van der Waals surface area contributed by atoms with Gasteiger partial charge < -0.3 is 13.7 Å². The number of aromatic nitrogens is 1. The Morgan fingerprint density at radius 1 is 0.444 bits per heavy atom. The summed E-state index contributed by atoms with van der Waals surface area (Å²) in [5.41, 5.74) is 11.0. The second-order valence-electron chi connectivity index (χ2n) is 11.7. The van der Waals surface area contributed by atoms with Crippen LogP contribution in [0.5, 0.6) is 0 Å². The fourth-order valence-corrected chi connectivity index (χ4v) is 7.44. The van der Waals surface area contributed by atoms with E-state index >= 15 is 0 Å². The fraction of sp³-hybridized carbons (Fsp3) is 0. The zero-order valence-corrected chi connectivity index (χ0v) is 24.3. The van der Waals surface area contributed by atoms with Crippen LogP contribution in [0.1, 0.15) is 0 Å². The summed E-state index contributed by atoms with van der Waals surface area (Å²) >= 11 is 0. The average Bonchev–Trinajstić information content (AvgIpc) is 3.59. The van der Waals surface area contributed by atoms with Crippen LogP contribution in [0.3, 0.4) is 0 Å². The third kappa shape index (κ3) is 3.41. The second kappa shape index (κ2) is 9.22. The number of benzene rings is 7. The molecule has 0 atom stereocenters. The van der Waals surface area contributed by atoms with Gasteiger partial charge in [-0.3, -0.25) is 0 Å². The topological polar surface area (TPSA) is 20.8 Å². The molecule has 3 heteroatoms. The highest BCUT2D eigenvalue weighted by Gasteiger charge is 2.24. The van der Waals surface area contributed by atoms with Gasteiger partial charge in [-0.25, -0.2) is 0 Å². The predicted octanol–water partition coefficient (Wildman–Crippen LogP) is 11.9. The van der Waals surface area contributed by atoms with Crippen LogP contribution in [0.2, 0.25) is 0 Å². The van der Waals surface area contributed by atoms with E-state index in [0.29, 0.717) is 0 Å². The van der Waals surface area contributed by atoms with Gasteiger partial charge in [0.2, 0.25) is 0 Å². The molecule has 3 heterocycles. The van der Waals surface area contributed by atoms with E-state index in [9.17, 15) is 0 Å². The van der Waals surface area contributed by atoms with Crippen LogP contribution < -0.4 is 4.90 Å². The van der Waals surface area contributed by atoms with Crippen molar-refractivity contribution in [1.29, 1.82) is 0 Å². The van der Waals surface area contributed by atoms with Crippen LogP contribution in [0.15, 0.2) is 162 Å². The number of para-hydroxylation sites is 4. The fourth-order valence-electron chi connectivity index (χ4n) is 7.44. The first-order valence-electron chi connectivity index (χ1n) is 15.4. The van der Waals surface area contributed by atoms with Crippen LogP contribution in [-0.2, 0) is 0 Å². The Hall–Kier alpha value is -6.06. The maximum Gasteiger partial charge on any atom is 0.161 e. The molecule has 3 nitrogen and oxygen atoms in total. The minimum Gasteiger partial charge on any atom is -0.454 e. The Labute approximate surface area is 259 Å². The first-order chi connectivity index (χ1) is 22.3. The summed E-state index contributed by atoms with van der Waals surface area (Å²) in [5.74, 6) is 0. The van der Waals surface area contributed by atoms with Crippen molar-refractivity contribution in [3.63, 3.8) is 0 Å². The van der Waals surface area contributed by atoms with E-state index in [-0.39, 0.29) is 0 Å². The maximum absolute atomic E-state index is 6.85. The van der Waals surface area contributed by atoms with Crippen molar-refractivity contribution < 1.29 is 4.42 Å². The van der Waals surface area contributed by atoms with Crippen LogP contribution in [0.25, 0.3) is 71.2 Å². The lowest BCUT2D eigenvalue weighted by Crippen LogP contribution is -2.09. The molecule has 0 fully saturated rings. The summed E-state index contributed by atoms with van der Waals surface area (Å²) in [6.07, 6.45) is 0. The number of rotatable bonds is 4. The normalized spacial score (nSPS) is 12.0. The Kier molecular flexibility index (Phi) is 5.00. The lowest BCUT2D eigenvalue weighted by atomic mass is 9.93. The minimum absolute atomic E-state index is 0.913. The van der Waals surface area contributed by atoms with Gasteiger partial charge in [-0.2, -0.15) is 0 Å². The van der Waals surface area contributed by atoms with Gasteiger partial charge in [-0.15, -0.1) is 0 Å². The van der Waals surface area contributed by atoms with Crippen molar-refractivity contribution in [3.05, 3.63) is 158 Å². The first-order valence-corrected chi connectivity index (χ1v) is 15.4. The van der Waals surface area contributed by atoms with Crippen molar-refractivity contribution in [2.24, 2.45) is 0 Å². The summed E-state index contributed by atoms with van der Waals surface area (Å²) in [4.78, 5) is 2.32. The molecule has 0 amide bonds. The molecule has 0 saturated carbocycles. The summed E-state index contributed by atoms with van der Waals surface area (Å²) in [5, 5.41) is 7.24. The lowest BCUT2D eigenvalue weighted by molar-refractivity contribution is 0.673. The van der Waals surface area contributed by atoms with Crippen molar-refractivity contribution >= 4 is 77.1 Å². The zero-order valence-electron chi connectivity index (χ0n) is 24.3. The van der Waals surface area contributed by atoms with Crippen LogP contribution in [0, 0.1) is 0 Å². The SMILES string of the molecule is c1ccc(N(c2ccccc2)c2cccc(-c3cc4oc5c6ccccc6n6c7ccccc7c7cccc3c7c4c56)c2)cc1. The number of nitrogens with zero attached hydrogens (tertiary/aromatic N) is 2. The molecule has 0 unspecified atom stereocenters. The highest BCUT2D eigenvalue weighted by atomic mass is 16.3. The molecule has 7 aromatic carbocycles. The molecule has 0 aliphatic carbocycles. The zero-order chi connectivity index (χ0) is 29.5. The van der Waals surface area contributed by atoms with E-state index in [1.165, 1.54) is 38.0 Å². The standard InChI is InChI=1S/C42H26N2O/c1-3-14-28(15-4-1)43(29-16-5-2-6-17-29)30-18-11-13-27(25-30)35-26-38-40-39-32(21-12-22-33(35)39)31-19-7-9-23-36(31)44-37-24-10-8-20-34(37)42(45-38)41(40)44/h1-26H. The van der Waals surface area contributed by atoms with E-state index in [4.69, 9.17) is 4.42 Å². The van der Waals surface area contributed by atoms with E-state index in [1.54, 1.807) is 0 Å². The van der Waals surface area contributed by atoms with Crippen LogP contribution in [0.4, 0.5) is 17.1 Å². The summed E-state index contributed by atoms with van der Waals surface area (Å²) in [7, 11) is 0. The molecular formula is C42H26N2O. The van der Waals surface area contributed by atoms with Crippen molar-refractivity contribution in [2.45, 2.75) is 0 Å². The van der Waals surface area contributed by atoms with Gasteiger partial charge in [0.1, 0.15) is 11.1 Å². The van der Waals surface area contributed by atoms with Gasteiger partial charge in [-0.05, 0) is 82.6 Å².